The largest absolute Gasteiger partial charge is 0.457 e. The van der Waals surface area contributed by atoms with E-state index >= 15 is 0 Å². The molecule has 3 aromatic rings. The number of anilines is 1. The number of imide groups is 1. The van der Waals surface area contributed by atoms with Crippen molar-refractivity contribution < 1.29 is 23.5 Å². The fourth-order valence-corrected chi connectivity index (χ4v) is 2.92. The molecule has 7 nitrogen and oxygen atoms in total. The number of amides is 3. The van der Waals surface area contributed by atoms with Gasteiger partial charge in [0.1, 0.15) is 11.5 Å². The molecule has 1 aliphatic heterocycles. The van der Waals surface area contributed by atoms with E-state index in [1.54, 1.807) is 42.5 Å². The first-order valence-electron chi connectivity index (χ1n) is 7.84. The van der Waals surface area contributed by atoms with Gasteiger partial charge in [0.2, 0.25) is 0 Å². The van der Waals surface area contributed by atoms with Gasteiger partial charge in [-0.15, -0.1) is 0 Å². The molecular formula is C19H11BrN2O5. The first kappa shape index (κ1) is 17.0. The van der Waals surface area contributed by atoms with Gasteiger partial charge >= 0.3 is 0 Å². The Morgan fingerprint density at radius 2 is 1.74 bits per heavy atom. The number of carbonyl (C=O) groups is 3. The quantitative estimate of drug-likeness (QED) is 0.615. The van der Waals surface area contributed by atoms with E-state index in [-0.39, 0.29) is 11.3 Å². The van der Waals surface area contributed by atoms with Crippen LogP contribution in [0.25, 0.3) is 0 Å². The Bertz CT molecular complexity index is 1090. The molecule has 0 saturated carbocycles. The minimum Gasteiger partial charge on any atom is -0.457 e. The molecule has 2 heterocycles. The van der Waals surface area contributed by atoms with Crippen LogP contribution < -0.4 is 15.4 Å². The van der Waals surface area contributed by atoms with Gasteiger partial charge in [0, 0.05) is 11.8 Å². The lowest BCUT2D eigenvalue weighted by atomic mass is 10.1. The van der Waals surface area contributed by atoms with E-state index in [2.05, 4.69) is 26.6 Å². The third-order valence-corrected chi connectivity index (χ3v) is 4.26. The smallest absolute Gasteiger partial charge is 0.291 e. The number of rotatable bonds is 4. The summed E-state index contributed by atoms with van der Waals surface area (Å²) in [6.07, 6.45) is 0. The number of carbonyl (C=O) groups excluding carboxylic acids is 3. The fourth-order valence-electron chi connectivity index (χ4n) is 2.61. The van der Waals surface area contributed by atoms with Gasteiger partial charge in [-0.1, -0.05) is 6.07 Å². The third kappa shape index (κ3) is 3.47. The molecule has 1 aromatic heterocycles. The zero-order valence-corrected chi connectivity index (χ0v) is 15.2. The summed E-state index contributed by atoms with van der Waals surface area (Å²) in [7, 11) is 0. The topological polar surface area (TPSA) is 97.6 Å². The van der Waals surface area contributed by atoms with Gasteiger partial charge in [0.25, 0.3) is 17.7 Å². The van der Waals surface area contributed by atoms with Crippen molar-refractivity contribution in [1.82, 2.24) is 5.32 Å². The number of halogens is 1. The van der Waals surface area contributed by atoms with Crippen molar-refractivity contribution >= 4 is 39.3 Å². The number of hydrogen-bond acceptors (Lipinski definition) is 5. The van der Waals surface area contributed by atoms with Crippen molar-refractivity contribution in [2.45, 2.75) is 0 Å². The first-order chi connectivity index (χ1) is 13.0. The van der Waals surface area contributed by atoms with Crippen molar-refractivity contribution in [3.05, 3.63) is 76.2 Å². The SMILES string of the molecule is O=C(Nc1cccc(Oc2ccc3c(c2)C(=O)NC3=O)c1)c1ccc(Br)o1. The Morgan fingerprint density at radius 3 is 2.52 bits per heavy atom. The molecule has 0 bridgehead atoms. The summed E-state index contributed by atoms with van der Waals surface area (Å²) in [4.78, 5) is 35.5. The molecule has 3 amide bonds. The maximum absolute atomic E-state index is 12.1. The van der Waals surface area contributed by atoms with Crippen LogP contribution in [0, 0.1) is 0 Å². The number of benzene rings is 2. The molecule has 4 rings (SSSR count). The zero-order chi connectivity index (χ0) is 19.0. The van der Waals surface area contributed by atoms with Gasteiger partial charge in [-0.3, -0.25) is 19.7 Å². The lowest BCUT2D eigenvalue weighted by molar-refractivity contribution is 0.0878. The van der Waals surface area contributed by atoms with Gasteiger partial charge < -0.3 is 14.5 Å². The van der Waals surface area contributed by atoms with E-state index in [0.29, 0.717) is 27.4 Å². The van der Waals surface area contributed by atoms with Crippen molar-refractivity contribution in [1.29, 1.82) is 0 Å². The second-order valence-corrected chi connectivity index (χ2v) is 6.46. The molecule has 0 saturated heterocycles. The molecule has 2 aromatic carbocycles. The highest BCUT2D eigenvalue weighted by atomic mass is 79.9. The Hall–Kier alpha value is -3.39. The Kier molecular flexibility index (Phi) is 4.25. The van der Waals surface area contributed by atoms with Crippen molar-refractivity contribution in [2.24, 2.45) is 0 Å². The molecule has 0 unspecified atom stereocenters. The summed E-state index contributed by atoms with van der Waals surface area (Å²) in [5.74, 6) is -0.245. The molecule has 0 radical (unpaired) electrons. The average Bonchev–Trinajstić information content (AvgIpc) is 3.19. The molecule has 2 N–H and O–H groups in total. The molecule has 0 atom stereocenters. The summed E-state index contributed by atoms with van der Waals surface area (Å²) in [5.41, 5.74) is 1.10. The van der Waals surface area contributed by atoms with E-state index in [9.17, 15) is 14.4 Å². The molecule has 0 aliphatic carbocycles. The fraction of sp³-hybridized carbons (Fsp3) is 0. The maximum Gasteiger partial charge on any atom is 0.291 e. The summed E-state index contributed by atoms with van der Waals surface area (Å²) in [6.45, 7) is 0. The zero-order valence-electron chi connectivity index (χ0n) is 13.6. The van der Waals surface area contributed by atoms with Crippen molar-refractivity contribution in [3.8, 4) is 11.5 Å². The van der Waals surface area contributed by atoms with Crippen LogP contribution in [0.5, 0.6) is 11.5 Å². The van der Waals surface area contributed by atoms with E-state index < -0.39 is 17.7 Å². The molecule has 0 spiro atoms. The highest BCUT2D eigenvalue weighted by Crippen LogP contribution is 2.28. The summed E-state index contributed by atoms with van der Waals surface area (Å²) in [6, 6.07) is 14.6. The number of hydrogen-bond donors (Lipinski definition) is 2. The molecule has 0 fully saturated rings. The van der Waals surface area contributed by atoms with Crippen LogP contribution in [0.2, 0.25) is 0 Å². The number of fused-ring (bicyclic) bond motifs is 1. The van der Waals surface area contributed by atoms with Crippen molar-refractivity contribution in [2.75, 3.05) is 5.32 Å². The number of nitrogens with one attached hydrogen (secondary N) is 2. The molecule has 8 heteroatoms. The van der Waals surface area contributed by atoms with Gasteiger partial charge in [0.15, 0.2) is 10.4 Å². The highest BCUT2D eigenvalue weighted by molar-refractivity contribution is 9.10. The predicted molar refractivity (Wildman–Crippen MR) is 99.1 cm³/mol. The van der Waals surface area contributed by atoms with Crippen LogP contribution in [0.1, 0.15) is 31.3 Å². The number of ether oxygens (including phenoxy) is 1. The minimum absolute atomic E-state index is 0.169. The van der Waals surface area contributed by atoms with Gasteiger partial charge in [-0.25, -0.2) is 0 Å². The monoisotopic (exact) mass is 426 g/mol. The Labute approximate surface area is 161 Å². The standard InChI is InChI=1S/C19H11BrN2O5/c20-16-7-6-15(27-16)19(25)21-10-2-1-3-11(8-10)26-12-4-5-13-14(9-12)18(24)22-17(13)23/h1-9H,(H,21,25)(H,22,23,24). The molecular weight excluding hydrogens is 416 g/mol. The lowest BCUT2D eigenvalue weighted by Crippen LogP contribution is -2.19. The molecule has 1 aliphatic rings. The van der Waals surface area contributed by atoms with E-state index in [1.807, 2.05) is 0 Å². The van der Waals surface area contributed by atoms with Crippen LogP contribution >= 0.6 is 15.9 Å². The first-order valence-corrected chi connectivity index (χ1v) is 8.63. The summed E-state index contributed by atoms with van der Waals surface area (Å²) < 4.78 is 11.4. The Balaban J connectivity index is 1.52. The second kappa shape index (κ2) is 6.73. The van der Waals surface area contributed by atoms with Gasteiger partial charge in [0.05, 0.1) is 11.1 Å². The highest BCUT2D eigenvalue weighted by Gasteiger charge is 2.27. The summed E-state index contributed by atoms with van der Waals surface area (Å²) >= 11 is 3.15. The third-order valence-electron chi connectivity index (χ3n) is 3.83. The van der Waals surface area contributed by atoms with Crippen molar-refractivity contribution in [3.63, 3.8) is 0 Å². The second-order valence-electron chi connectivity index (χ2n) is 5.68. The van der Waals surface area contributed by atoms with Crippen LogP contribution in [0.4, 0.5) is 5.69 Å². The van der Waals surface area contributed by atoms with Crippen LogP contribution in [0.15, 0.2) is 63.7 Å². The number of furan rings is 1. The van der Waals surface area contributed by atoms with Gasteiger partial charge in [-0.05, 0) is 58.4 Å². The maximum atomic E-state index is 12.1. The Morgan fingerprint density at radius 1 is 0.963 bits per heavy atom. The van der Waals surface area contributed by atoms with E-state index in [1.165, 1.54) is 12.1 Å². The van der Waals surface area contributed by atoms with E-state index in [0.717, 1.165) is 0 Å². The van der Waals surface area contributed by atoms with Crippen LogP contribution in [0.3, 0.4) is 0 Å². The molecule has 27 heavy (non-hydrogen) atoms. The summed E-state index contributed by atoms with van der Waals surface area (Å²) in [5, 5.41) is 4.94. The normalized spacial score (nSPS) is 12.5. The van der Waals surface area contributed by atoms with Gasteiger partial charge in [-0.2, -0.15) is 0 Å². The minimum atomic E-state index is -0.453. The van der Waals surface area contributed by atoms with E-state index in [4.69, 9.17) is 9.15 Å². The average molecular weight is 427 g/mol. The lowest BCUT2D eigenvalue weighted by Gasteiger charge is -2.09. The van der Waals surface area contributed by atoms with Crippen LogP contribution in [-0.4, -0.2) is 17.7 Å². The predicted octanol–water partition coefficient (Wildman–Crippen LogP) is 3.97. The van der Waals surface area contributed by atoms with Crippen LogP contribution in [-0.2, 0) is 0 Å². The molecule has 134 valence electrons.